The maximum Gasteiger partial charge on any atom is 0.260 e. The predicted octanol–water partition coefficient (Wildman–Crippen LogP) is 3.38. The highest BCUT2D eigenvalue weighted by molar-refractivity contribution is 7.99. The molecule has 136 valence electrons. The van der Waals surface area contributed by atoms with Gasteiger partial charge in [0.25, 0.3) is 5.56 Å². The van der Waals surface area contributed by atoms with Gasteiger partial charge in [-0.3, -0.25) is 9.59 Å². The Kier molecular flexibility index (Phi) is 5.42. The monoisotopic (exact) mass is 405 g/mol. The summed E-state index contributed by atoms with van der Waals surface area (Å²) < 4.78 is 0. The summed E-state index contributed by atoms with van der Waals surface area (Å²) in [7, 11) is 0. The zero-order chi connectivity index (χ0) is 17.9. The molecule has 3 aromatic rings. The molecule has 3 heterocycles. The molecule has 0 fully saturated rings. The molecule has 0 atom stereocenters. The number of aromatic amines is 1. The molecule has 1 aliphatic carbocycles. The number of H-pyrrole nitrogens is 1. The zero-order valence-corrected chi connectivity index (χ0v) is 16.6. The molecule has 0 spiro atoms. The number of thiophene rings is 2. The molecule has 0 aliphatic heterocycles. The lowest BCUT2D eigenvalue weighted by Gasteiger charge is -2.09. The topological polar surface area (TPSA) is 74.8 Å². The molecular weight excluding hydrogens is 386 g/mol. The van der Waals surface area contributed by atoms with Gasteiger partial charge in [-0.1, -0.05) is 17.8 Å². The Labute approximate surface area is 163 Å². The number of nitrogens with one attached hydrogen (secondary N) is 2. The maximum absolute atomic E-state index is 12.5. The van der Waals surface area contributed by atoms with Crippen LogP contribution in [-0.2, 0) is 24.1 Å². The van der Waals surface area contributed by atoms with Crippen molar-refractivity contribution in [2.75, 3.05) is 12.3 Å². The largest absolute Gasteiger partial charge is 0.355 e. The van der Waals surface area contributed by atoms with E-state index in [0.29, 0.717) is 11.7 Å². The normalized spacial score (nSPS) is 13.7. The average molecular weight is 406 g/mol. The van der Waals surface area contributed by atoms with E-state index in [-0.39, 0.29) is 17.2 Å². The number of aromatic nitrogens is 2. The summed E-state index contributed by atoms with van der Waals surface area (Å²) in [5.74, 6) is 0.212. The highest BCUT2D eigenvalue weighted by atomic mass is 32.2. The van der Waals surface area contributed by atoms with E-state index in [4.69, 9.17) is 0 Å². The van der Waals surface area contributed by atoms with Crippen molar-refractivity contribution in [2.45, 2.75) is 37.3 Å². The van der Waals surface area contributed by atoms with Gasteiger partial charge in [0.1, 0.15) is 4.83 Å². The Morgan fingerprint density at radius 3 is 3.08 bits per heavy atom. The first kappa shape index (κ1) is 17.8. The van der Waals surface area contributed by atoms with Gasteiger partial charge in [-0.15, -0.1) is 22.7 Å². The minimum Gasteiger partial charge on any atom is -0.355 e. The minimum absolute atomic E-state index is 0.0419. The van der Waals surface area contributed by atoms with Crippen LogP contribution in [0.3, 0.4) is 0 Å². The first-order valence-corrected chi connectivity index (χ1v) is 11.4. The number of rotatable bonds is 6. The molecule has 0 saturated heterocycles. The van der Waals surface area contributed by atoms with Crippen molar-refractivity contribution in [1.29, 1.82) is 0 Å². The number of hydrogen-bond acceptors (Lipinski definition) is 6. The molecule has 0 bridgehead atoms. The summed E-state index contributed by atoms with van der Waals surface area (Å²) >= 11 is 4.61. The van der Waals surface area contributed by atoms with Gasteiger partial charge in [-0.05, 0) is 49.1 Å². The molecule has 26 heavy (non-hydrogen) atoms. The van der Waals surface area contributed by atoms with Gasteiger partial charge in [-0.2, -0.15) is 0 Å². The Morgan fingerprint density at radius 1 is 1.35 bits per heavy atom. The first-order chi connectivity index (χ1) is 12.7. The molecule has 3 aromatic heterocycles. The molecule has 0 aromatic carbocycles. The van der Waals surface area contributed by atoms with E-state index in [9.17, 15) is 9.59 Å². The molecule has 1 amide bonds. The van der Waals surface area contributed by atoms with Crippen LogP contribution in [0.2, 0.25) is 0 Å². The molecule has 8 heteroatoms. The van der Waals surface area contributed by atoms with Crippen LogP contribution in [0.5, 0.6) is 0 Å². The van der Waals surface area contributed by atoms with Crippen LogP contribution < -0.4 is 10.9 Å². The van der Waals surface area contributed by atoms with Crippen molar-refractivity contribution in [3.63, 3.8) is 0 Å². The number of hydrogen-bond donors (Lipinski definition) is 2. The predicted molar refractivity (Wildman–Crippen MR) is 109 cm³/mol. The van der Waals surface area contributed by atoms with E-state index in [1.165, 1.54) is 33.5 Å². The Hall–Kier alpha value is -1.64. The third-order valence-electron chi connectivity index (χ3n) is 4.42. The number of fused-ring (bicyclic) bond motifs is 3. The Balaban J connectivity index is 1.38. The molecule has 1 aliphatic rings. The summed E-state index contributed by atoms with van der Waals surface area (Å²) in [5.41, 5.74) is 1.11. The molecule has 0 unspecified atom stereocenters. The van der Waals surface area contributed by atoms with Crippen LogP contribution in [0, 0.1) is 0 Å². The summed E-state index contributed by atoms with van der Waals surface area (Å²) in [6.07, 6.45) is 5.19. The smallest absolute Gasteiger partial charge is 0.260 e. The summed E-state index contributed by atoms with van der Waals surface area (Å²) in [4.78, 5) is 35.3. The highest BCUT2D eigenvalue weighted by Gasteiger charge is 2.20. The van der Waals surface area contributed by atoms with Crippen LogP contribution in [-0.4, -0.2) is 28.2 Å². The standard InChI is InChI=1S/C18H19N3O2S3/c22-14(19-8-7-11-4-3-9-24-11)10-25-18-20-16(23)15-12-5-1-2-6-13(12)26-17(15)21-18/h3-4,9H,1-2,5-8,10H2,(H,19,22)(H,20,21,23). The van der Waals surface area contributed by atoms with Gasteiger partial charge in [-0.25, -0.2) is 4.98 Å². The van der Waals surface area contributed by atoms with Crippen molar-refractivity contribution in [1.82, 2.24) is 15.3 Å². The number of carbonyl (C=O) groups is 1. The second-order valence-corrected chi connectivity index (χ2v) is 9.31. The molecule has 4 rings (SSSR count). The Bertz CT molecular complexity index is 976. The molecule has 0 saturated carbocycles. The van der Waals surface area contributed by atoms with Gasteiger partial charge in [0.2, 0.25) is 5.91 Å². The van der Waals surface area contributed by atoms with E-state index < -0.39 is 0 Å². The number of aryl methyl sites for hydroxylation is 2. The second-order valence-electron chi connectivity index (χ2n) is 6.23. The van der Waals surface area contributed by atoms with Crippen molar-refractivity contribution >= 4 is 50.6 Å². The van der Waals surface area contributed by atoms with Crippen molar-refractivity contribution in [3.05, 3.63) is 43.2 Å². The van der Waals surface area contributed by atoms with Crippen LogP contribution in [0.4, 0.5) is 0 Å². The summed E-state index contributed by atoms with van der Waals surface area (Å²) in [5, 5.41) is 6.23. The minimum atomic E-state index is -0.0741. The fraction of sp³-hybridized carbons (Fsp3) is 0.389. The third-order valence-corrected chi connectivity index (χ3v) is 7.41. The lowest BCUT2D eigenvalue weighted by molar-refractivity contribution is -0.118. The highest BCUT2D eigenvalue weighted by Crippen LogP contribution is 2.34. The van der Waals surface area contributed by atoms with Gasteiger partial charge in [0.05, 0.1) is 11.1 Å². The van der Waals surface area contributed by atoms with E-state index in [1.807, 2.05) is 11.4 Å². The fourth-order valence-corrected chi connectivity index (χ4v) is 5.90. The first-order valence-electron chi connectivity index (χ1n) is 8.67. The van der Waals surface area contributed by atoms with Crippen molar-refractivity contribution in [2.24, 2.45) is 0 Å². The number of thioether (sulfide) groups is 1. The molecule has 2 N–H and O–H groups in total. The third kappa shape index (κ3) is 3.87. The van der Waals surface area contributed by atoms with Crippen molar-refractivity contribution in [3.8, 4) is 0 Å². The average Bonchev–Trinajstić information content (AvgIpc) is 3.27. The van der Waals surface area contributed by atoms with Crippen molar-refractivity contribution < 1.29 is 4.79 Å². The van der Waals surface area contributed by atoms with Gasteiger partial charge in [0, 0.05) is 16.3 Å². The lowest BCUT2D eigenvalue weighted by Crippen LogP contribution is -2.27. The Morgan fingerprint density at radius 2 is 2.23 bits per heavy atom. The van der Waals surface area contributed by atoms with Crippen LogP contribution in [0.1, 0.15) is 28.2 Å². The fourth-order valence-electron chi connectivity index (χ4n) is 3.18. The van der Waals surface area contributed by atoms with E-state index >= 15 is 0 Å². The quantitative estimate of drug-likeness (QED) is 0.487. The van der Waals surface area contributed by atoms with E-state index in [1.54, 1.807) is 22.7 Å². The van der Waals surface area contributed by atoms with Crippen LogP contribution in [0.15, 0.2) is 27.5 Å². The molecule has 0 radical (unpaired) electrons. The number of carbonyl (C=O) groups excluding carboxylic acids is 1. The second kappa shape index (κ2) is 7.94. The maximum atomic E-state index is 12.5. The van der Waals surface area contributed by atoms with Gasteiger partial charge >= 0.3 is 0 Å². The number of amides is 1. The van der Waals surface area contributed by atoms with E-state index in [0.717, 1.165) is 35.9 Å². The zero-order valence-electron chi connectivity index (χ0n) is 14.2. The summed E-state index contributed by atoms with van der Waals surface area (Å²) in [6, 6.07) is 4.08. The van der Waals surface area contributed by atoms with E-state index in [2.05, 4.69) is 21.4 Å². The van der Waals surface area contributed by atoms with Gasteiger partial charge in [0.15, 0.2) is 5.16 Å². The lowest BCUT2D eigenvalue weighted by atomic mass is 9.97. The summed E-state index contributed by atoms with van der Waals surface area (Å²) in [6.45, 7) is 0.626. The molecular formula is C18H19N3O2S3. The molecule has 5 nitrogen and oxygen atoms in total. The van der Waals surface area contributed by atoms with Crippen LogP contribution >= 0.6 is 34.4 Å². The van der Waals surface area contributed by atoms with Gasteiger partial charge < -0.3 is 10.3 Å². The SMILES string of the molecule is O=C(CSc1nc2sc3c(c2c(=O)[nH]1)CCCC3)NCCc1cccs1. The van der Waals surface area contributed by atoms with Crippen LogP contribution in [0.25, 0.3) is 10.2 Å². The number of nitrogens with zero attached hydrogens (tertiary/aromatic N) is 1.